The zero-order valence-electron chi connectivity index (χ0n) is 20.0. The van der Waals surface area contributed by atoms with Crippen molar-refractivity contribution < 1.29 is 28.7 Å². The summed E-state index contributed by atoms with van der Waals surface area (Å²) in [5, 5.41) is 0. The van der Waals surface area contributed by atoms with E-state index < -0.39 is 23.0 Å². The maximum atomic E-state index is 13.4. The molecule has 0 N–H and O–H groups in total. The monoisotopic (exact) mass is 444 g/mol. The Hall–Kier alpha value is -1.98. The summed E-state index contributed by atoms with van der Waals surface area (Å²) >= 11 is 0. The van der Waals surface area contributed by atoms with Crippen molar-refractivity contribution in [2.24, 2.45) is 34.5 Å². The molecule has 0 aromatic carbocycles. The summed E-state index contributed by atoms with van der Waals surface area (Å²) < 4.78 is 10.9. The fourth-order valence-electron chi connectivity index (χ4n) is 8.19. The molecule has 7 atom stereocenters. The molecule has 176 valence electrons. The summed E-state index contributed by atoms with van der Waals surface area (Å²) in [6.45, 7) is 8.94. The lowest BCUT2D eigenvalue weighted by atomic mass is 9.44. The van der Waals surface area contributed by atoms with Gasteiger partial charge < -0.3 is 9.47 Å². The maximum Gasteiger partial charge on any atom is 0.303 e. The van der Waals surface area contributed by atoms with Crippen LogP contribution in [0.5, 0.6) is 0 Å². The standard InChI is InChI=1S/C26H36O6/c1-15-12-19-20(24(4)9-6-18(29)13-22(15)24)7-10-25(5)21(19)8-11-26(25,32-17(3)28)23(30)14-31-16(2)27/h13,15,19-21H,6-12,14H2,1-5H3. The molecule has 3 fully saturated rings. The molecule has 6 nitrogen and oxygen atoms in total. The lowest BCUT2D eigenvalue weighted by Crippen LogP contribution is -2.60. The quantitative estimate of drug-likeness (QED) is 0.604. The van der Waals surface area contributed by atoms with Crippen molar-refractivity contribution in [3.8, 4) is 0 Å². The van der Waals surface area contributed by atoms with Crippen LogP contribution in [0.15, 0.2) is 11.6 Å². The van der Waals surface area contributed by atoms with Gasteiger partial charge in [-0.2, -0.15) is 0 Å². The highest BCUT2D eigenvalue weighted by Crippen LogP contribution is 2.69. The molecule has 0 radical (unpaired) electrons. The first-order chi connectivity index (χ1) is 14.9. The topological polar surface area (TPSA) is 86.7 Å². The molecule has 32 heavy (non-hydrogen) atoms. The highest BCUT2D eigenvalue weighted by Gasteiger charge is 2.69. The lowest BCUT2D eigenvalue weighted by molar-refractivity contribution is -0.191. The van der Waals surface area contributed by atoms with Gasteiger partial charge in [-0.25, -0.2) is 0 Å². The SMILES string of the molecule is CC(=O)OCC(=O)C1(OC(C)=O)CCC2C3CC(C)C4=CC(=O)CCC4(C)C3CCC21C. The van der Waals surface area contributed by atoms with Gasteiger partial charge in [-0.05, 0) is 73.7 Å². The van der Waals surface area contributed by atoms with Crippen molar-refractivity contribution in [1.82, 2.24) is 0 Å². The summed E-state index contributed by atoms with van der Waals surface area (Å²) in [4.78, 5) is 49.1. The van der Waals surface area contributed by atoms with E-state index in [1.807, 2.05) is 6.08 Å². The van der Waals surface area contributed by atoms with Crippen molar-refractivity contribution >= 4 is 23.5 Å². The number of Topliss-reactive ketones (excluding diaryl/α,β-unsaturated/α-hetero) is 1. The number of carbonyl (C=O) groups is 4. The molecular formula is C26H36O6. The van der Waals surface area contributed by atoms with Crippen molar-refractivity contribution in [3.63, 3.8) is 0 Å². The van der Waals surface area contributed by atoms with Gasteiger partial charge in [0.05, 0.1) is 0 Å². The van der Waals surface area contributed by atoms with Crippen LogP contribution in [0.2, 0.25) is 0 Å². The number of carbonyl (C=O) groups excluding carboxylic acids is 4. The Morgan fingerprint density at radius 3 is 2.38 bits per heavy atom. The Labute approximate surface area is 190 Å². The van der Waals surface area contributed by atoms with Crippen LogP contribution in [0.3, 0.4) is 0 Å². The Kier molecular flexibility index (Phi) is 5.66. The van der Waals surface area contributed by atoms with E-state index in [1.54, 1.807) is 0 Å². The van der Waals surface area contributed by atoms with E-state index in [-0.39, 0.29) is 29.5 Å². The van der Waals surface area contributed by atoms with Crippen LogP contribution in [-0.4, -0.2) is 35.7 Å². The van der Waals surface area contributed by atoms with E-state index in [1.165, 1.54) is 19.4 Å². The van der Waals surface area contributed by atoms with Gasteiger partial charge in [0.1, 0.15) is 0 Å². The summed E-state index contributed by atoms with van der Waals surface area (Å²) in [6.07, 6.45) is 7.43. The number of hydrogen-bond acceptors (Lipinski definition) is 6. The van der Waals surface area contributed by atoms with Gasteiger partial charge in [-0.3, -0.25) is 19.2 Å². The average molecular weight is 445 g/mol. The molecule has 4 aliphatic rings. The van der Waals surface area contributed by atoms with Crippen LogP contribution >= 0.6 is 0 Å². The van der Waals surface area contributed by atoms with E-state index in [9.17, 15) is 19.2 Å². The van der Waals surface area contributed by atoms with Gasteiger partial charge in [-0.1, -0.05) is 26.3 Å². The first-order valence-electron chi connectivity index (χ1n) is 12.1. The summed E-state index contributed by atoms with van der Waals surface area (Å²) in [6, 6.07) is 0. The molecule has 0 aromatic rings. The van der Waals surface area contributed by atoms with Gasteiger partial charge in [-0.15, -0.1) is 0 Å². The first kappa shape index (κ1) is 23.2. The minimum Gasteiger partial charge on any atom is -0.458 e. The number of esters is 2. The highest BCUT2D eigenvalue weighted by atomic mass is 16.6. The Morgan fingerprint density at radius 1 is 1.03 bits per heavy atom. The van der Waals surface area contributed by atoms with Crippen molar-refractivity contribution in [2.75, 3.05) is 6.61 Å². The van der Waals surface area contributed by atoms with Gasteiger partial charge in [0.2, 0.25) is 5.78 Å². The second kappa shape index (κ2) is 7.81. The number of fused-ring (bicyclic) bond motifs is 5. The third-order valence-electron chi connectivity index (χ3n) is 9.57. The molecule has 0 heterocycles. The minimum atomic E-state index is -1.24. The van der Waals surface area contributed by atoms with Crippen LogP contribution in [0.1, 0.15) is 79.6 Å². The zero-order valence-corrected chi connectivity index (χ0v) is 20.0. The lowest BCUT2D eigenvalue weighted by Gasteiger charge is -2.60. The Morgan fingerprint density at radius 2 is 1.72 bits per heavy atom. The molecule has 0 amide bonds. The summed E-state index contributed by atoms with van der Waals surface area (Å²) in [5.74, 6) is 0.420. The van der Waals surface area contributed by atoms with E-state index in [0.717, 1.165) is 32.1 Å². The minimum absolute atomic E-state index is 0.0198. The van der Waals surface area contributed by atoms with E-state index in [2.05, 4.69) is 20.8 Å². The van der Waals surface area contributed by atoms with Crippen molar-refractivity contribution in [3.05, 3.63) is 11.6 Å². The Balaban J connectivity index is 1.70. The molecule has 0 spiro atoms. The normalized spacial score (nSPS) is 42.8. The third-order valence-corrected chi connectivity index (χ3v) is 9.57. The molecule has 6 heteroatoms. The fraction of sp³-hybridized carbons (Fsp3) is 0.769. The number of ether oxygens (including phenoxy) is 2. The predicted octanol–water partition coefficient (Wildman–Crippen LogP) is 4.20. The molecular weight excluding hydrogens is 408 g/mol. The molecule has 7 unspecified atom stereocenters. The fourth-order valence-corrected chi connectivity index (χ4v) is 8.19. The van der Waals surface area contributed by atoms with Crippen molar-refractivity contribution in [1.29, 1.82) is 0 Å². The van der Waals surface area contributed by atoms with Gasteiger partial charge in [0.15, 0.2) is 18.0 Å². The van der Waals surface area contributed by atoms with Gasteiger partial charge in [0.25, 0.3) is 0 Å². The number of allylic oxidation sites excluding steroid dienone is 1. The molecule has 4 rings (SSSR count). The molecule has 3 saturated carbocycles. The first-order valence-corrected chi connectivity index (χ1v) is 12.1. The number of rotatable bonds is 4. The Bertz CT molecular complexity index is 889. The maximum absolute atomic E-state index is 13.4. The third kappa shape index (κ3) is 3.28. The zero-order chi connectivity index (χ0) is 23.5. The molecule has 0 saturated heterocycles. The van der Waals surface area contributed by atoms with Crippen LogP contribution in [-0.2, 0) is 28.7 Å². The predicted molar refractivity (Wildman–Crippen MR) is 117 cm³/mol. The molecule has 0 aliphatic heterocycles. The van der Waals surface area contributed by atoms with Gasteiger partial charge in [0, 0.05) is 25.7 Å². The van der Waals surface area contributed by atoms with Crippen molar-refractivity contribution in [2.45, 2.75) is 85.2 Å². The molecule has 4 aliphatic carbocycles. The highest BCUT2D eigenvalue weighted by molar-refractivity contribution is 5.93. The van der Waals surface area contributed by atoms with Gasteiger partial charge >= 0.3 is 11.9 Å². The molecule has 0 bridgehead atoms. The van der Waals surface area contributed by atoms with Crippen LogP contribution in [0.25, 0.3) is 0 Å². The second-order valence-electron chi connectivity index (χ2n) is 11.1. The summed E-state index contributed by atoms with van der Waals surface area (Å²) in [7, 11) is 0. The van der Waals surface area contributed by atoms with Crippen LogP contribution < -0.4 is 0 Å². The van der Waals surface area contributed by atoms with Crippen LogP contribution in [0, 0.1) is 34.5 Å². The largest absolute Gasteiger partial charge is 0.458 e. The van der Waals surface area contributed by atoms with E-state index >= 15 is 0 Å². The number of hydrogen-bond donors (Lipinski definition) is 0. The number of ketones is 2. The molecule has 0 aromatic heterocycles. The van der Waals surface area contributed by atoms with Crippen LogP contribution in [0.4, 0.5) is 0 Å². The average Bonchev–Trinajstić information content (AvgIpc) is 3.00. The smallest absolute Gasteiger partial charge is 0.303 e. The van der Waals surface area contributed by atoms with E-state index in [0.29, 0.717) is 30.6 Å². The summed E-state index contributed by atoms with van der Waals surface area (Å²) in [5.41, 5.74) is -0.397. The second-order valence-corrected chi connectivity index (χ2v) is 11.1. The van der Waals surface area contributed by atoms with E-state index in [4.69, 9.17) is 9.47 Å².